The van der Waals surface area contributed by atoms with Crippen molar-refractivity contribution in [1.29, 1.82) is 0 Å². The minimum atomic E-state index is -0.295. The van der Waals surface area contributed by atoms with Gasteiger partial charge in [-0.05, 0) is 69.7 Å². The van der Waals surface area contributed by atoms with Crippen molar-refractivity contribution in [2.45, 2.75) is 84.8 Å². The van der Waals surface area contributed by atoms with E-state index in [1.165, 1.54) is 5.56 Å². The van der Waals surface area contributed by atoms with Crippen molar-refractivity contribution < 1.29 is 14.3 Å². The van der Waals surface area contributed by atoms with Gasteiger partial charge in [-0.2, -0.15) is 0 Å². The molecule has 0 saturated carbocycles. The van der Waals surface area contributed by atoms with E-state index in [0.717, 1.165) is 67.6 Å². The molecule has 1 aliphatic heterocycles. The van der Waals surface area contributed by atoms with Crippen LogP contribution in [-0.2, 0) is 22.5 Å². The van der Waals surface area contributed by atoms with Crippen molar-refractivity contribution in [3.63, 3.8) is 0 Å². The van der Waals surface area contributed by atoms with Crippen LogP contribution >= 0.6 is 0 Å². The number of aromatic nitrogens is 1. The van der Waals surface area contributed by atoms with Gasteiger partial charge in [-0.3, -0.25) is 9.59 Å². The Morgan fingerprint density at radius 2 is 2.00 bits per heavy atom. The maximum atomic E-state index is 13.5. The zero-order chi connectivity index (χ0) is 21.0. The van der Waals surface area contributed by atoms with Gasteiger partial charge < -0.3 is 9.30 Å². The largest absolute Gasteiger partial charge is 0.462 e. The van der Waals surface area contributed by atoms with Crippen molar-refractivity contribution in [3.05, 3.63) is 58.4 Å². The number of rotatable bonds is 7. The molecule has 4 nitrogen and oxygen atoms in total. The van der Waals surface area contributed by atoms with Crippen LogP contribution in [0, 0.1) is 6.92 Å². The van der Waals surface area contributed by atoms with Crippen LogP contribution in [0.4, 0.5) is 0 Å². The molecule has 1 aromatic heterocycles. The predicted molar refractivity (Wildman–Crippen MR) is 115 cm³/mol. The highest BCUT2D eigenvalue weighted by molar-refractivity contribution is 6.09. The number of esters is 1. The lowest BCUT2D eigenvalue weighted by molar-refractivity contribution is -0.149. The molecule has 1 aromatic carbocycles. The average molecular weight is 396 g/mol. The summed E-state index contributed by atoms with van der Waals surface area (Å²) in [6, 6.07) is 10.0. The zero-order valence-electron chi connectivity index (χ0n) is 18.2. The summed E-state index contributed by atoms with van der Waals surface area (Å²) in [5.41, 5.74) is 4.52. The van der Waals surface area contributed by atoms with Crippen molar-refractivity contribution in [3.8, 4) is 0 Å². The Bertz CT molecular complexity index is 878. The second-order valence-electron chi connectivity index (χ2n) is 8.42. The Morgan fingerprint density at radius 1 is 1.21 bits per heavy atom. The molecule has 4 heteroatoms. The van der Waals surface area contributed by atoms with Gasteiger partial charge in [-0.25, -0.2) is 0 Å². The summed E-state index contributed by atoms with van der Waals surface area (Å²) in [7, 11) is 0. The molecule has 0 amide bonds. The Morgan fingerprint density at radius 3 is 2.72 bits per heavy atom. The molecule has 0 saturated heterocycles. The number of ketones is 1. The molecular formula is C25H33NO3. The van der Waals surface area contributed by atoms with E-state index >= 15 is 0 Å². The molecule has 0 spiro atoms. The van der Waals surface area contributed by atoms with E-state index in [1.54, 1.807) is 0 Å². The molecule has 156 valence electrons. The van der Waals surface area contributed by atoms with Gasteiger partial charge in [0.1, 0.15) is 0 Å². The summed E-state index contributed by atoms with van der Waals surface area (Å²) in [4.78, 5) is 26.2. The lowest BCUT2D eigenvalue weighted by Gasteiger charge is -2.18. The van der Waals surface area contributed by atoms with E-state index in [-0.39, 0.29) is 23.8 Å². The van der Waals surface area contributed by atoms with Crippen molar-refractivity contribution in [1.82, 2.24) is 4.57 Å². The van der Waals surface area contributed by atoms with E-state index in [9.17, 15) is 9.59 Å². The molecule has 1 aliphatic rings. The molecule has 0 fully saturated rings. The number of benzene rings is 1. The van der Waals surface area contributed by atoms with Crippen molar-refractivity contribution >= 4 is 11.8 Å². The number of nitrogens with zero attached hydrogens (tertiary/aromatic N) is 1. The van der Waals surface area contributed by atoms with Gasteiger partial charge in [0, 0.05) is 17.8 Å². The van der Waals surface area contributed by atoms with Crippen LogP contribution < -0.4 is 0 Å². The third-order valence-corrected chi connectivity index (χ3v) is 5.66. The summed E-state index contributed by atoms with van der Waals surface area (Å²) >= 11 is 0. The maximum Gasteiger partial charge on any atom is 0.315 e. The van der Waals surface area contributed by atoms with E-state index in [4.69, 9.17) is 4.74 Å². The third kappa shape index (κ3) is 4.80. The number of hydrogen-bond donors (Lipinski definition) is 0. The summed E-state index contributed by atoms with van der Waals surface area (Å²) < 4.78 is 7.59. The number of hydrogen-bond acceptors (Lipinski definition) is 3. The van der Waals surface area contributed by atoms with E-state index in [0.29, 0.717) is 0 Å². The average Bonchev–Trinajstić information content (AvgIpc) is 2.87. The monoisotopic (exact) mass is 395 g/mol. The first-order valence-corrected chi connectivity index (χ1v) is 11.0. The van der Waals surface area contributed by atoms with Crippen LogP contribution in [0.5, 0.6) is 0 Å². The standard InChI is InChI=1S/C25H33NO3/c1-5-6-10-19-11-9-12-20(16-19)24(27)23-18(4)15-22-21(25(28)29-17(2)3)13-7-8-14-26(22)23/h9,11-12,15-17,21H,5-8,10,13-14H2,1-4H3. The summed E-state index contributed by atoms with van der Waals surface area (Å²) in [5, 5.41) is 0. The topological polar surface area (TPSA) is 48.3 Å². The number of ether oxygens (including phenoxy) is 1. The van der Waals surface area contributed by atoms with Crippen molar-refractivity contribution in [2.24, 2.45) is 0 Å². The number of carbonyl (C=O) groups excluding carboxylic acids is 2. The van der Waals surface area contributed by atoms with Gasteiger partial charge in [0.2, 0.25) is 5.78 Å². The molecule has 29 heavy (non-hydrogen) atoms. The maximum absolute atomic E-state index is 13.5. The molecule has 1 unspecified atom stereocenters. The Hall–Kier alpha value is -2.36. The molecule has 1 atom stereocenters. The highest BCUT2D eigenvalue weighted by Gasteiger charge is 2.31. The number of fused-ring (bicyclic) bond motifs is 1. The molecule has 0 bridgehead atoms. The summed E-state index contributed by atoms with van der Waals surface area (Å²) in [6.07, 6.45) is 5.81. The summed E-state index contributed by atoms with van der Waals surface area (Å²) in [5.74, 6) is -0.428. The zero-order valence-corrected chi connectivity index (χ0v) is 18.2. The van der Waals surface area contributed by atoms with E-state index in [2.05, 4.69) is 17.6 Å². The van der Waals surface area contributed by atoms with Crippen LogP contribution in [0.3, 0.4) is 0 Å². The van der Waals surface area contributed by atoms with Crippen LogP contribution in [-0.4, -0.2) is 22.4 Å². The van der Waals surface area contributed by atoms with Crippen molar-refractivity contribution in [2.75, 3.05) is 0 Å². The van der Waals surface area contributed by atoms with Gasteiger partial charge in [0.25, 0.3) is 0 Å². The van der Waals surface area contributed by atoms with E-state index < -0.39 is 0 Å². The van der Waals surface area contributed by atoms with Crippen LogP contribution in [0.15, 0.2) is 30.3 Å². The molecule has 3 rings (SSSR count). The lowest BCUT2D eigenvalue weighted by Crippen LogP contribution is -2.22. The third-order valence-electron chi connectivity index (χ3n) is 5.66. The fourth-order valence-electron chi connectivity index (χ4n) is 4.25. The molecule has 0 aliphatic carbocycles. The minimum Gasteiger partial charge on any atom is -0.462 e. The Labute approximate surface area is 174 Å². The first-order valence-electron chi connectivity index (χ1n) is 11.0. The fourth-order valence-corrected chi connectivity index (χ4v) is 4.25. The smallest absolute Gasteiger partial charge is 0.315 e. The SMILES string of the molecule is CCCCc1cccc(C(=O)c2c(C)cc3n2CCCCC3C(=O)OC(C)C)c1. The van der Waals surface area contributed by atoms with Gasteiger partial charge >= 0.3 is 5.97 Å². The predicted octanol–water partition coefficient (Wildman–Crippen LogP) is 5.59. The van der Waals surface area contributed by atoms with Crippen LogP contribution in [0.25, 0.3) is 0 Å². The first kappa shape index (κ1) is 21.4. The number of unbranched alkanes of at least 4 members (excludes halogenated alkanes) is 1. The Balaban J connectivity index is 1.96. The van der Waals surface area contributed by atoms with Gasteiger partial charge in [-0.1, -0.05) is 38.0 Å². The summed E-state index contributed by atoms with van der Waals surface area (Å²) in [6.45, 7) is 8.67. The minimum absolute atomic E-state index is 0.0463. The Kier molecular flexibility index (Phi) is 6.94. The molecular weight excluding hydrogens is 362 g/mol. The highest BCUT2D eigenvalue weighted by atomic mass is 16.5. The molecule has 0 N–H and O–H groups in total. The highest BCUT2D eigenvalue weighted by Crippen LogP contribution is 2.33. The number of carbonyl (C=O) groups is 2. The number of aryl methyl sites for hydroxylation is 2. The van der Waals surface area contributed by atoms with Gasteiger partial charge in [-0.15, -0.1) is 0 Å². The second-order valence-corrected chi connectivity index (χ2v) is 8.42. The molecule has 0 radical (unpaired) electrons. The normalized spacial score (nSPS) is 16.4. The van der Waals surface area contributed by atoms with Gasteiger partial charge in [0.15, 0.2) is 0 Å². The first-order chi connectivity index (χ1) is 13.9. The van der Waals surface area contributed by atoms with Crippen LogP contribution in [0.2, 0.25) is 0 Å². The lowest BCUT2D eigenvalue weighted by atomic mass is 9.99. The van der Waals surface area contributed by atoms with Crippen LogP contribution in [0.1, 0.15) is 91.7 Å². The second kappa shape index (κ2) is 9.43. The van der Waals surface area contributed by atoms with E-state index in [1.807, 2.05) is 45.0 Å². The quantitative estimate of drug-likeness (QED) is 0.453. The van der Waals surface area contributed by atoms with Gasteiger partial charge in [0.05, 0.1) is 17.7 Å². The molecule has 2 heterocycles. The fraction of sp³-hybridized carbons (Fsp3) is 0.520. The molecule has 2 aromatic rings.